The van der Waals surface area contributed by atoms with Gasteiger partial charge in [0, 0.05) is 18.8 Å². The topological polar surface area (TPSA) is 60.3 Å². The summed E-state index contributed by atoms with van der Waals surface area (Å²) in [6, 6.07) is 8.34. The van der Waals surface area contributed by atoms with Crippen molar-refractivity contribution in [3.8, 4) is 11.1 Å². The van der Waals surface area contributed by atoms with Gasteiger partial charge in [-0.25, -0.2) is 4.79 Å². The quantitative estimate of drug-likeness (QED) is 0.562. The zero-order chi connectivity index (χ0) is 18.8. The predicted octanol–water partition coefficient (Wildman–Crippen LogP) is 4.93. The molecule has 1 N–H and O–H groups in total. The first-order valence-electron chi connectivity index (χ1n) is 7.05. The fraction of sp³-hybridized carbons (Fsp3) is 0.250. The third-order valence-electron chi connectivity index (χ3n) is 3.37. The van der Waals surface area contributed by atoms with Gasteiger partial charge in [0.1, 0.15) is 11.8 Å². The van der Waals surface area contributed by atoms with E-state index in [0.717, 1.165) is 11.1 Å². The minimum atomic E-state index is -1.68. The Kier molecular flexibility index (Phi) is 6.27. The summed E-state index contributed by atoms with van der Waals surface area (Å²) in [5, 5.41) is 2.85. The Balaban J connectivity index is 2.26. The van der Waals surface area contributed by atoms with Gasteiger partial charge in [-0.1, -0.05) is 52.5 Å². The lowest BCUT2D eigenvalue weighted by molar-refractivity contribution is 0.164. The average Bonchev–Trinajstić information content (AvgIpc) is 2.51. The lowest BCUT2D eigenvalue weighted by Gasteiger charge is -2.14. The number of halogens is 4. The fourth-order valence-electron chi connectivity index (χ4n) is 2.07. The number of carbonyl (C=O) groups is 1. The SMILES string of the molecule is Cc1ccc(NC(=O)OCC(Cl)(Cl)Cl)cc1-c1cc(Cl)n(C)c(=O)c1. The van der Waals surface area contributed by atoms with Gasteiger partial charge < -0.3 is 9.30 Å². The van der Waals surface area contributed by atoms with Crippen molar-refractivity contribution in [3.63, 3.8) is 0 Å². The number of rotatable bonds is 3. The summed E-state index contributed by atoms with van der Waals surface area (Å²) in [5.74, 6) is 0. The average molecular weight is 424 g/mol. The molecule has 1 amide bonds. The highest BCUT2D eigenvalue weighted by Crippen LogP contribution is 2.28. The number of benzene rings is 1. The first-order valence-corrected chi connectivity index (χ1v) is 8.56. The van der Waals surface area contributed by atoms with Crippen LogP contribution in [0.2, 0.25) is 5.15 Å². The number of aryl methyl sites for hydroxylation is 1. The number of hydrogen-bond acceptors (Lipinski definition) is 3. The van der Waals surface area contributed by atoms with Crippen LogP contribution in [0.25, 0.3) is 11.1 Å². The van der Waals surface area contributed by atoms with Gasteiger partial charge in [-0.2, -0.15) is 0 Å². The summed E-state index contributed by atoms with van der Waals surface area (Å²) in [5.41, 5.74) is 2.53. The standard InChI is InChI=1S/C16H14Cl4N2O3/c1-9-3-4-11(21-15(24)25-8-16(18,19)20)7-12(9)10-5-13(17)22(2)14(23)6-10/h3-7H,8H2,1-2H3,(H,21,24). The summed E-state index contributed by atoms with van der Waals surface area (Å²) < 4.78 is 4.47. The van der Waals surface area contributed by atoms with E-state index in [2.05, 4.69) is 5.32 Å². The predicted molar refractivity (Wildman–Crippen MR) is 102 cm³/mol. The second kappa shape index (κ2) is 7.87. The molecule has 9 heteroatoms. The van der Waals surface area contributed by atoms with Crippen LogP contribution in [-0.2, 0) is 11.8 Å². The number of nitrogens with one attached hydrogen (secondary N) is 1. The largest absolute Gasteiger partial charge is 0.445 e. The van der Waals surface area contributed by atoms with Gasteiger partial charge in [0.2, 0.25) is 3.79 Å². The van der Waals surface area contributed by atoms with Gasteiger partial charge in [-0.3, -0.25) is 10.1 Å². The molecule has 0 radical (unpaired) electrons. The summed E-state index contributed by atoms with van der Waals surface area (Å²) in [6.07, 6.45) is -0.761. The highest BCUT2D eigenvalue weighted by Gasteiger charge is 2.22. The number of ether oxygens (including phenoxy) is 1. The molecule has 0 aliphatic rings. The van der Waals surface area contributed by atoms with E-state index in [9.17, 15) is 9.59 Å². The Bertz CT molecular complexity index is 859. The normalized spacial score (nSPS) is 11.3. The smallest absolute Gasteiger partial charge is 0.411 e. The van der Waals surface area contributed by atoms with E-state index in [-0.39, 0.29) is 12.2 Å². The van der Waals surface area contributed by atoms with E-state index in [1.54, 1.807) is 31.3 Å². The van der Waals surface area contributed by atoms with E-state index in [4.69, 9.17) is 51.1 Å². The van der Waals surface area contributed by atoms with E-state index in [1.807, 2.05) is 6.92 Å². The second-order valence-electron chi connectivity index (χ2n) is 5.31. The highest BCUT2D eigenvalue weighted by atomic mass is 35.6. The number of nitrogens with zero attached hydrogens (tertiary/aromatic N) is 1. The van der Waals surface area contributed by atoms with Gasteiger partial charge in [-0.05, 0) is 41.8 Å². The number of amides is 1. The Labute approximate surface area is 164 Å². The summed E-state index contributed by atoms with van der Waals surface area (Å²) >= 11 is 22.7. The fourth-order valence-corrected chi connectivity index (χ4v) is 2.43. The lowest BCUT2D eigenvalue weighted by atomic mass is 10.0. The molecule has 2 rings (SSSR count). The molecule has 25 heavy (non-hydrogen) atoms. The van der Waals surface area contributed by atoms with Gasteiger partial charge in [0.05, 0.1) is 0 Å². The molecule has 0 saturated carbocycles. The van der Waals surface area contributed by atoms with Crippen molar-refractivity contribution in [2.45, 2.75) is 10.7 Å². The number of carbonyl (C=O) groups excluding carboxylic acids is 1. The van der Waals surface area contributed by atoms with E-state index >= 15 is 0 Å². The number of pyridine rings is 1. The van der Waals surface area contributed by atoms with Crippen molar-refractivity contribution in [2.24, 2.45) is 7.05 Å². The Morgan fingerprint density at radius 1 is 1.24 bits per heavy atom. The molecular weight excluding hydrogens is 410 g/mol. The molecule has 2 aromatic rings. The van der Waals surface area contributed by atoms with Crippen LogP contribution < -0.4 is 10.9 Å². The Morgan fingerprint density at radius 2 is 1.92 bits per heavy atom. The second-order valence-corrected chi connectivity index (χ2v) is 8.21. The van der Waals surface area contributed by atoms with E-state index < -0.39 is 9.89 Å². The minimum Gasteiger partial charge on any atom is -0.445 e. The molecule has 0 fully saturated rings. The van der Waals surface area contributed by atoms with Gasteiger partial charge in [0.15, 0.2) is 0 Å². The van der Waals surface area contributed by atoms with Crippen molar-refractivity contribution in [1.29, 1.82) is 0 Å². The Morgan fingerprint density at radius 3 is 2.52 bits per heavy atom. The molecule has 1 aromatic heterocycles. The number of alkyl halides is 3. The van der Waals surface area contributed by atoms with Gasteiger partial charge >= 0.3 is 6.09 Å². The molecule has 0 aliphatic carbocycles. The van der Waals surface area contributed by atoms with E-state index in [0.29, 0.717) is 16.4 Å². The van der Waals surface area contributed by atoms with Gasteiger partial charge in [0.25, 0.3) is 5.56 Å². The van der Waals surface area contributed by atoms with Crippen molar-refractivity contribution >= 4 is 58.2 Å². The van der Waals surface area contributed by atoms with E-state index in [1.165, 1.54) is 10.6 Å². The van der Waals surface area contributed by atoms with Crippen LogP contribution in [-0.4, -0.2) is 21.1 Å². The number of hydrogen-bond donors (Lipinski definition) is 1. The van der Waals surface area contributed by atoms with Crippen LogP contribution in [0.15, 0.2) is 35.1 Å². The van der Waals surface area contributed by atoms with Crippen molar-refractivity contribution < 1.29 is 9.53 Å². The first-order chi connectivity index (χ1) is 11.6. The molecule has 0 atom stereocenters. The number of aromatic nitrogens is 1. The van der Waals surface area contributed by atoms with Crippen LogP contribution in [0.1, 0.15) is 5.56 Å². The molecule has 1 heterocycles. The van der Waals surface area contributed by atoms with Crippen molar-refractivity contribution in [2.75, 3.05) is 11.9 Å². The zero-order valence-corrected chi connectivity index (χ0v) is 16.3. The van der Waals surface area contributed by atoms with Crippen LogP contribution in [0.4, 0.5) is 10.5 Å². The summed E-state index contributed by atoms with van der Waals surface area (Å²) in [7, 11) is 1.58. The molecule has 0 spiro atoms. The molecule has 5 nitrogen and oxygen atoms in total. The molecule has 134 valence electrons. The minimum absolute atomic E-state index is 0.234. The number of anilines is 1. The van der Waals surface area contributed by atoms with Crippen molar-refractivity contribution in [1.82, 2.24) is 4.57 Å². The van der Waals surface area contributed by atoms with Crippen LogP contribution in [0.5, 0.6) is 0 Å². The lowest BCUT2D eigenvalue weighted by Crippen LogP contribution is -2.21. The van der Waals surface area contributed by atoms with Crippen LogP contribution in [0.3, 0.4) is 0 Å². The third-order valence-corrected chi connectivity index (χ3v) is 4.06. The maximum atomic E-state index is 11.9. The van der Waals surface area contributed by atoms with Gasteiger partial charge in [-0.15, -0.1) is 0 Å². The molecule has 0 unspecified atom stereocenters. The molecule has 0 bridgehead atoms. The van der Waals surface area contributed by atoms with Crippen LogP contribution >= 0.6 is 46.4 Å². The van der Waals surface area contributed by atoms with Crippen molar-refractivity contribution in [3.05, 3.63) is 51.4 Å². The third kappa shape index (κ3) is 5.54. The van der Waals surface area contributed by atoms with Crippen LogP contribution in [0, 0.1) is 6.92 Å². The maximum absolute atomic E-state index is 11.9. The zero-order valence-electron chi connectivity index (χ0n) is 13.3. The summed E-state index contributed by atoms with van der Waals surface area (Å²) in [4.78, 5) is 23.7. The maximum Gasteiger partial charge on any atom is 0.411 e. The highest BCUT2D eigenvalue weighted by molar-refractivity contribution is 6.67. The molecule has 0 saturated heterocycles. The monoisotopic (exact) mass is 422 g/mol. The Hall–Kier alpha value is -1.40. The summed E-state index contributed by atoms with van der Waals surface area (Å²) in [6.45, 7) is 1.50. The molecule has 1 aromatic carbocycles. The first kappa shape index (κ1) is 19.9. The molecule has 0 aliphatic heterocycles. The molecular formula is C16H14Cl4N2O3.